The third kappa shape index (κ3) is 1.60. The number of aliphatic hydroxyl groups is 3. The molecule has 86 valence electrons. The Hall–Kier alpha value is -1.39. The number of hydrogen-bond donors (Lipinski definition) is 3. The zero-order valence-corrected chi connectivity index (χ0v) is 8.39. The summed E-state index contributed by atoms with van der Waals surface area (Å²) in [6.45, 7) is -0.366. The molecule has 1 aromatic rings. The molecule has 4 atom stereocenters. The van der Waals surface area contributed by atoms with E-state index in [1.807, 2.05) is 0 Å². The predicted octanol–water partition coefficient (Wildman–Crippen LogP) is -1.52. The number of imidazole rings is 1. The minimum atomic E-state index is -1.14. The van der Waals surface area contributed by atoms with Gasteiger partial charge in [-0.15, -0.1) is 6.42 Å². The average Bonchev–Trinajstić information content (AvgIpc) is 2.86. The van der Waals surface area contributed by atoms with Crippen LogP contribution in [0.4, 0.5) is 0 Å². The summed E-state index contributed by atoms with van der Waals surface area (Å²) < 4.78 is 6.75. The van der Waals surface area contributed by atoms with E-state index in [4.69, 9.17) is 16.3 Å². The van der Waals surface area contributed by atoms with Gasteiger partial charge in [-0.1, -0.05) is 5.92 Å². The highest BCUT2D eigenvalue weighted by Gasteiger charge is 2.43. The third-order valence-corrected chi connectivity index (χ3v) is 2.61. The molecule has 1 fully saturated rings. The Labute approximate surface area is 92.1 Å². The minimum Gasteiger partial charge on any atom is -0.394 e. The van der Waals surface area contributed by atoms with Crippen LogP contribution in [0.2, 0.25) is 0 Å². The molecule has 0 saturated carbocycles. The monoisotopic (exact) mass is 224 g/mol. The fourth-order valence-electron chi connectivity index (χ4n) is 1.73. The maximum Gasteiger partial charge on any atom is 0.165 e. The molecule has 3 N–H and O–H groups in total. The summed E-state index contributed by atoms with van der Waals surface area (Å²) in [5.41, 5.74) is 0.440. The second-order valence-electron chi connectivity index (χ2n) is 3.56. The Morgan fingerprint density at radius 2 is 2.25 bits per heavy atom. The lowest BCUT2D eigenvalue weighted by Crippen LogP contribution is -2.33. The molecule has 0 aromatic carbocycles. The van der Waals surface area contributed by atoms with Crippen molar-refractivity contribution in [2.45, 2.75) is 24.5 Å². The number of hydrogen-bond acceptors (Lipinski definition) is 5. The van der Waals surface area contributed by atoms with E-state index in [0.29, 0.717) is 5.69 Å². The first-order valence-electron chi connectivity index (χ1n) is 4.80. The summed E-state index contributed by atoms with van der Waals surface area (Å²) in [6, 6.07) is 0. The topological polar surface area (TPSA) is 87.7 Å². The van der Waals surface area contributed by atoms with Crippen LogP contribution in [0, 0.1) is 12.3 Å². The first-order chi connectivity index (χ1) is 7.69. The van der Waals surface area contributed by atoms with Crippen LogP contribution < -0.4 is 0 Å². The van der Waals surface area contributed by atoms with Gasteiger partial charge in [0.1, 0.15) is 24.0 Å². The van der Waals surface area contributed by atoms with E-state index in [9.17, 15) is 10.2 Å². The van der Waals surface area contributed by atoms with Gasteiger partial charge in [-0.05, 0) is 0 Å². The van der Waals surface area contributed by atoms with Crippen molar-refractivity contribution in [3.05, 3.63) is 18.2 Å². The third-order valence-electron chi connectivity index (χ3n) is 2.61. The molecule has 0 aliphatic carbocycles. The number of terminal acetylenes is 1. The average molecular weight is 224 g/mol. The SMILES string of the molecule is C#Cc1cncn1C1O[C@H](CO)[C@@H](O)[C@H]1O. The first-order valence-corrected chi connectivity index (χ1v) is 4.80. The molecule has 1 aliphatic heterocycles. The molecule has 0 spiro atoms. The second kappa shape index (κ2) is 4.23. The Balaban J connectivity index is 2.27. The predicted molar refractivity (Wildman–Crippen MR) is 53.2 cm³/mol. The summed E-state index contributed by atoms with van der Waals surface area (Å²) in [5, 5.41) is 28.3. The largest absolute Gasteiger partial charge is 0.394 e. The molecule has 6 nitrogen and oxygen atoms in total. The van der Waals surface area contributed by atoms with Gasteiger partial charge < -0.3 is 20.1 Å². The summed E-state index contributed by atoms with van der Waals surface area (Å²) in [4.78, 5) is 3.83. The van der Waals surface area contributed by atoms with Crippen molar-refractivity contribution in [2.75, 3.05) is 6.61 Å². The van der Waals surface area contributed by atoms with Crippen molar-refractivity contribution in [1.29, 1.82) is 0 Å². The lowest BCUT2D eigenvalue weighted by molar-refractivity contribution is -0.0531. The number of ether oxygens (including phenoxy) is 1. The fourth-order valence-corrected chi connectivity index (χ4v) is 1.73. The maximum absolute atomic E-state index is 9.75. The van der Waals surface area contributed by atoms with Gasteiger partial charge in [0, 0.05) is 0 Å². The molecule has 0 amide bonds. The Bertz CT molecular complexity index is 411. The minimum absolute atomic E-state index is 0.366. The summed E-state index contributed by atoms with van der Waals surface area (Å²) in [5.74, 6) is 2.39. The Morgan fingerprint density at radius 3 is 2.81 bits per heavy atom. The number of aromatic nitrogens is 2. The van der Waals surface area contributed by atoms with Crippen LogP contribution in [0.1, 0.15) is 11.9 Å². The van der Waals surface area contributed by atoms with E-state index in [1.54, 1.807) is 0 Å². The lowest BCUT2D eigenvalue weighted by atomic mass is 10.1. The number of nitrogens with zero attached hydrogens (tertiary/aromatic N) is 2. The summed E-state index contributed by atoms with van der Waals surface area (Å²) >= 11 is 0. The van der Waals surface area contributed by atoms with Gasteiger partial charge in [-0.25, -0.2) is 4.98 Å². The highest BCUT2D eigenvalue weighted by molar-refractivity contribution is 5.23. The van der Waals surface area contributed by atoms with Crippen molar-refractivity contribution >= 4 is 0 Å². The molecule has 6 heteroatoms. The second-order valence-corrected chi connectivity index (χ2v) is 3.56. The molecule has 0 bridgehead atoms. The van der Waals surface area contributed by atoms with Crippen molar-refractivity contribution in [3.8, 4) is 12.3 Å². The van der Waals surface area contributed by atoms with Crippen LogP contribution in [0.5, 0.6) is 0 Å². The van der Waals surface area contributed by atoms with Crippen LogP contribution in [-0.4, -0.2) is 49.8 Å². The Morgan fingerprint density at radius 1 is 1.50 bits per heavy atom. The molecular formula is C10H12N2O4. The molecule has 1 aliphatic rings. The van der Waals surface area contributed by atoms with E-state index < -0.39 is 24.5 Å². The molecule has 0 radical (unpaired) electrons. The van der Waals surface area contributed by atoms with Crippen LogP contribution >= 0.6 is 0 Å². The van der Waals surface area contributed by atoms with Crippen LogP contribution in [0.25, 0.3) is 0 Å². The molecule has 2 rings (SSSR count). The number of rotatable bonds is 2. The number of aliphatic hydroxyl groups excluding tert-OH is 3. The van der Waals surface area contributed by atoms with Gasteiger partial charge in [0.25, 0.3) is 0 Å². The normalized spacial score (nSPS) is 33.9. The van der Waals surface area contributed by atoms with Crippen LogP contribution in [0.3, 0.4) is 0 Å². The van der Waals surface area contributed by atoms with Gasteiger partial charge in [0.15, 0.2) is 6.23 Å². The lowest BCUT2D eigenvalue weighted by Gasteiger charge is -2.16. The van der Waals surface area contributed by atoms with Crippen molar-refractivity contribution in [2.24, 2.45) is 0 Å². The zero-order valence-electron chi connectivity index (χ0n) is 8.39. The molecular weight excluding hydrogens is 212 g/mol. The van der Waals surface area contributed by atoms with Crippen LogP contribution in [0.15, 0.2) is 12.5 Å². The maximum atomic E-state index is 9.75. The Kier molecular flexibility index (Phi) is 2.94. The van der Waals surface area contributed by atoms with E-state index in [0.717, 1.165) is 0 Å². The van der Waals surface area contributed by atoms with E-state index in [1.165, 1.54) is 17.1 Å². The molecule has 1 saturated heterocycles. The van der Waals surface area contributed by atoms with Gasteiger partial charge in [-0.3, -0.25) is 4.57 Å². The quantitative estimate of drug-likeness (QED) is 0.531. The van der Waals surface area contributed by atoms with E-state index in [2.05, 4.69) is 10.9 Å². The zero-order chi connectivity index (χ0) is 11.7. The summed E-state index contributed by atoms with van der Waals surface area (Å²) in [6.07, 6.45) is 4.21. The van der Waals surface area contributed by atoms with Crippen molar-refractivity contribution < 1.29 is 20.1 Å². The van der Waals surface area contributed by atoms with E-state index in [-0.39, 0.29) is 6.61 Å². The van der Waals surface area contributed by atoms with Crippen molar-refractivity contribution in [1.82, 2.24) is 9.55 Å². The van der Waals surface area contributed by atoms with Gasteiger partial charge in [0.05, 0.1) is 19.1 Å². The van der Waals surface area contributed by atoms with Crippen molar-refractivity contribution in [3.63, 3.8) is 0 Å². The highest BCUT2D eigenvalue weighted by atomic mass is 16.6. The van der Waals surface area contributed by atoms with E-state index >= 15 is 0 Å². The molecule has 16 heavy (non-hydrogen) atoms. The van der Waals surface area contributed by atoms with Gasteiger partial charge in [0.2, 0.25) is 0 Å². The highest BCUT2D eigenvalue weighted by Crippen LogP contribution is 2.29. The summed E-state index contributed by atoms with van der Waals surface area (Å²) in [7, 11) is 0. The van der Waals surface area contributed by atoms with Gasteiger partial charge >= 0.3 is 0 Å². The van der Waals surface area contributed by atoms with Gasteiger partial charge in [-0.2, -0.15) is 0 Å². The standard InChI is InChI=1S/C10H12N2O4/c1-2-6-3-11-5-12(6)10-9(15)8(14)7(4-13)16-10/h1,3,5,7-10,13-15H,4H2/t7-,8-,9-,10?/m1/s1. The smallest absolute Gasteiger partial charge is 0.165 e. The molecule has 2 heterocycles. The first kappa shape index (κ1) is 11.1. The molecule has 1 aromatic heterocycles. The fraction of sp³-hybridized carbons (Fsp3) is 0.500. The molecule has 1 unspecified atom stereocenters. The van der Waals surface area contributed by atoms with Crippen LogP contribution in [-0.2, 0) is 4.74 Å².